The molecule has 2 rings (SSSR count). The van der Waals surface area contributed by atoms with E-state index in [0.29, 0.717) is 6.42 Å². The Labute approximate surface area is 134 Å². The number of carbonyl (C=O) groups excluding carboxylic acids is 1. The molecule has 0 unspecified atom stereocenters. The molecule has 0 spiro atoms. The van der Waals surface area contributed by atoms with Crippen molar-refractivity contribution in [3.8, 4) is 0 Å². The fourth-order valence-electron chi connectivity index (χ4n) is 1.96. The smallest absolute Gasteiger partial charge is 0.225 e. The standard InChI is InChI=1S/C17H18ClNOS/c1-2-13-5-3-4-6-16(13)19-17(20)11-12-21-15-9-7-14(18)8-10-15/h3-10H,2,11-12H2,1H3,(H,19,20). The third-order valence-corrected chi connectivity index (χ3v) is 4.35. The Morgan fingerprint density at radius 1 is 1.14 bits per heavy atom. The highest BCUT2D eigenvalue weighted by Crippen LogP contribution is 2.21. The van der Waals surface area contributed by atoms with Gasteiger partial charge in [0.2, 0.25) is 5.91 Å². The number of hydrogen-bond acceptors (Lipinski definition) is 2. The minimum atomic E-state index is 0.0531. The summed E-state index contributed by atoms with van der Waals surface area (Å²) in [6, 6.07) is 15.6. The van der Waals surface area contributed by atoms with Crippen LogP contribution in [0.4, 0.5) is 5.69 Å². The highest BCUT2D eigenvalue weighted by molar-refractivity contribution is 7.99. The Morgan fingerprint density at radius 2 is 1.86 bits per heavy atom. The van der Waals surface area contributed by atoms with E-state index >= 15 is 0 Å². The summed E-state index contributed by atoms with van der Waals surface area (Å²) in [6.07, 6.45) is 1.40. The van der Waals surface area contributed by atoms with Crippen LogP contribution < -0.4 is 5.32 Å². The van der Waals surface area contributed by atoms with Crippen molar-refractivity contribution in [2.45, 2.75) is 24.7 Å². The van der Waals surface area contributed by atoms with E-state index in [4.69, 9.17) is 11.6 Å². The van der Waals surface area contributed by atoms with Gasteiger partial charge in [0.15, 0.2) is 0 Å². The average molecular weight is 320 g/mol. The molecule has 2 nitrogen and oxygen atoms in total. The summed E-state index contributed by atoms with van der Waals surface area (Å²) in [5, 5.41) is 3.71. The first kappa shape index (κ1) is 15.9. The van der Waals surface area contributed by atoms with Gasteiger partial charge in [-0.05, 0) is 42.3 Å². The fourth-order valence-corrected chi connectivity index (χ4v) is 2.93. The highest BCUT2D eigenvalue weighted by Gasteiger charge is 2.05. The second-order valence-electron chi connectivity index (χ2n) is 4.61. The molecule has 0 fully saturated rings. The third-order valence-electron chi connectivity index (χ3n) is 3.08. The zero-order valence-corrected chi connectivity index (χ0v) is 13.5. The van der Waals surface area contributed by atoms with E-state index in [1.54, 1.807) is 11.8 Å². The van der Waals surface area contributed by atoms with Crippen molar-refractivity contribution >= 4 is 35.0 Å². The van der Waals surface area contributed by atoms with Gasteiger partial charge >= 0.3 is 0 Å². The van der Waals surface area contributed by atoms with E-state index in [0.717, 1.165) is 33.3 Å². The van der Waals surface area contributed by atoms with Gasteiger partial charge in [0.25, 0.3) is 0 Å². The zero-order chi connectivity index (χ0) is 15.1. The fraction of sp³-hybridized carbons (Fsp3) is 0.235. The maximum absolute atomic E-state index is 12.0. The molecule has 0 radical (unpaired) electrons. The number of rotatable bonds is 6. The van der Waals surface area contributed by atoms with Crippen molar-refractivity contribution in [2.24, 2.45) is 0 Å². The van der Waals surface area contributed by atoms with Gasteiger partial charge < -0.3 is 5.32 Å². The number of nitrogens with one attached hydrogen (secondary N) is 1. The maximum Gasteiger partial charge on any atom is 0.225 e. The van der Waals surface area contributed by atoms with Crippen LogP contribution in [0.2, 0.25) is 5.02 Å². The van der Waals surface area contributed by atoms with Crippen molar-refractivity contribution in [1.82, 2.24) is 0 Å². The topological polar surface area (TPSA) is 29.1 Å². The monoisotopic (exact) mass is 319 g/mol. The van der Waals surface area contributed by atoms with Crippen LogP contribution in [-0.2, 0) is 11.2 Å². The maximum atomic E-state index is 12.0. The molecule has 1 N–H and O–H groups in total. The Balaban J connectivity index is 1.81. The minimum absolute atomic E-state index is 0.0531. The van der Waals surface area contributed by atoms with Crippen LogP contribution in [0, 0.1) is 0 Å². The molecule has 0 saturated heterocycles. The number of aryl methyl sites for hydroxylation is 1. The van der Waals surface area contributed by atoms with Gasteiger partial charge in [-0.1, -0.05) is 36.7 Å². The Kier molecular flexibility index (Phi) is 6.15. The van der Waals surface area contributed by atoms with Crippen LogP contribution in [-0.4, -0.2) is 11.7 Å². The summed E-state index contributed by atoms with van der Waals surface area (Å²) in [5.41, 5.74) is 2.08. The highest BCUT2D eigenvalue weighted by atomic mass is 35.5. The Hall–Kier alpha value is -1.45. The molecule has 110 valence electrons. The number of hydrogen-bond donors (Lipinski definition) is 1. The first-order valence-electron chi connectivity index (χ1n) is 6.95. The molecule has 0 aliphatic heterocycles. The predicted molar refractivity (Wildman–Crippen MR) is 91.2 cm³/mol. The Morgan fingerprint density at radius 3 is 2.57 bits per heavy atom. The number of para-hydroxylation sites is 1. The second-order valence-corrected chi connectivity index (χ2v) is 6.22. The number of anilines is 1. The van der Waals surface area contributed by atoms with E-state index in [9.17, 15) is 4.79 Å². The molecule has 0 aromatic heterocycles. The summed E-state index contributed by atoms with van der Waals surface area (Å²) >= 11 is 7.50. The van der Waals surface area contributed by atoms with Crippen LogP contribution in [0.3, 0.4) is 0 Å². The number of amides is 1. The van der Waals surface area contributed by atoms with Crippen molar-refractivity contribution < 1.29 is 4.79 Å². The molecule has 0 aliphatic carbocycles. The molecule has 0 bridgehead atoms. The molecular formula is C17H18ClNOS. The van der Waals surface area contributed by atoms with E-state index in [2.05, 4.69) is 12.2 Å². The molecule has 0 saturated carbocycles. The minimum Gasteiger partial charge on any atom is -0.326 e. The summed E-state index contributed by atoms with van der Waals surface area (Å²) < 4.78 is 0. The third kappa shape index (κ3) is 5.10. The van der Waals surface area contributed by atoms with E-state index in [1.807, 2.05) is 48.5 Å². The summed E-state index contributed by atoms with van der Waals surface area (Å²) in [4.78, 5) is 13.1. The van der Waals surface area contributed by atoms with Crippen LogP contribution >= 0.6 is 23.4 Å². The lowest BCUT2D eigenvalue weighted by molar-refractivity contribution is -0.115. The van der Waals surface area contributed by atoms with Gasteiger partial charge in [-0.15, -0.1) is 11.8 Å². The van der Waals surface area contributed by atoms with Crippen LogP contribution in [0.5, 0.6) is 0 Å². The summed E-state index contributed by atoms with van der Waals surface area (Å²) in [6.45, 7) is 2.08. The molecule has 21 heavy (non-hydrogen) atoms. The molecule has 1 amide bonds. The van der Waals surface area contributed by atoms with Crippen LogP contribution in [0.25, 0.3) is 0 Å². The molecule has 4 heteroatoms. The predicted octanol–water partition coefficient (Wildman–Crippen LogP) is 5.02. The van der Waals surface area contributed by atoms with Crippen LogP contribution in [0.1, 0.15) is 18.9 Å². The molecule has 2 aromatic rings. The van der Waals surface area contributed by atoms with E-state index < -0.39 is 0 Å². The average Bonchev–Trinajstić information content (AvgIpc) is 2.50. The molecule has 0 atom stereocenters. The van der Waals surface area contributed by atoms with Gasteiger partial charge in [0, 0.05) is 27.8 Å². The lowest BCUT2D eigenvalue weighted by atomic mass is 10.1. The van der Waals surface area contributed by atoms with Crippen molar-refractivity contribution in [2.75, 3.05) is 11.1 Å². The first-order chi connectivity index (χ1) is 10.2. The van der Waals surface area contributed by atoms with Crippen molar-refractivity contribution in [1.29, 1.82) is 0 Å². The van der Waals surface area contributed by atoms with Crippen molar-refractivity contribution in [3.05, 3.63) is 59.1 Å². The van der Waals surface area contributed by atoms with Crippen LogP contribution in [0.15, 0.2) is 53.4 Å². The number of benzene rings is 2. The van der Waals surface area contributed by atoms with Gasteiger partial charge in [-0.3, -0.25) is 4.79 Å². The summed E-state index contributed by atoms with van der Waals surface area (Å²) in [7, 11) is 0. The van der Waals surface area contributed by atoms with Gasteiger partial charge in [-0.25, -0.2) is 0 Å². The second kappa shape index (κ2) is 8.11. The lowest BCUT2D eigenvalue weighted by Crippen LogP contribution is -2.13. The SMILES string of the molecule is CCc1ccccc1NC(=O)CCSc1ccc(Cl)cc1. The van der Waals surface area contributed by atoms with E-state index in [1.165, 1.54) is 0 Å². The number of thioether (sulfide) groups is 1. The normalized spacial score (nSPS) is 10.4. The summed E-state index contributed by atoms with van der Waals surface area (Å²) in [5.74, 6) is 0.805. The quantitative estimate of drug-likeness (QED) is 0.757. The first-order valence-corrected chi connectivity index (χ1v) is 8.31. The Bertz CT molecular complexity index is 598. The molecule has 2 aromatic carbocycles. The van der Waals surface area contributed by atoms with Gasteiger partial charge in [0.05, 0.1) is 0 Å². The largest absolute Gasteiger partial charge is 0.326 e. The molecular weight excluding hydrogens is 302 g/mol. The van der Waals surface area contributed by atoms with Gasteiger partial charge in [-0.2, -0.15) is 0 Å². The van der Waals surface area contributed by atoms with Crippen molar-refractivity contribution in [3.63, 3.8) is 0 Å². The molecule has 0 heterocycles. The number of carbonyl (C=O) groups is 1. The molecule has 0 aliphatic rings. The zero-order valence-electron chi connectivity index (χ0n) is 11.9. The van der Waals surface area contributed by atoms with E-state index in [-0.39, 0.29) is 5.91 Å². The number of halogens is 1. The van der Waals surface area contributed by atoms with Gasteiger partial charge in [0.1, 0.15) is 0 Å². The lowest BCUT2D eigenvalue weighted by Gasteiger charge is -2.09.